The summed E-state index contributed by atoms with van der Waals surface area (Å²) in [5.41, 5.74) is 3.21. The van der Waals surface area contributed by atoms with Crippen LogP contribution in [0.3, 0.4) is 0 Å². The summed E-state index contributed by atoms with van der Waals surface area (Å²) in [6.45, 7) is 8.19. The standard InChI is InChI=1S/C33H42N6O5/c1-20-11-7-8-12-23(20)34-29-28-26(19-39(30(28)40)18-21-15-16-22(42-5)17-27(21)43-6)36-31(38-29)35-24-13-9-10-14-25(24)37-32(41)44-33(2,3)4/h7-8,11-12,15-17,24-25H,9-10,13-14,18-19H2,1-6H3,(H,37,41)(H2,34,35,36,38)/t24-,25+/m1/s1. The van der Waals surface area contributed by atoms with Crippen molar-refractivity contribution in [3.63, 3.8) is 0 Å². The number of nitrogens with one attached hydrogen (secondary N) is 3. The SMILES string of the molecule is COc1ccc(CN2Cc3nc(N[C@@H]4CCCC[C@@H]4NC(=O)OC(C)(C)C)nc(Nc4ccccc4C)c3C2=O)c(OC)c1. The third kappa shape index (κ3) is 7.15. The Morgan fingerprint density at radius 3 is 2.48 bits per heavy atom. The molecular formula is C33H42N6O5. The number of rotatable bonds is 9. The van der Waals surface area contributed by atoms with Crippen LogP contribution in [0, 0.1) is 6.92 Å². The first kappa shape index (κ1) is 30.9. The summed E-state index contributed by atoms with van der Waals surface area (Å²) < 4.78 is 16.4. The van der Waals surface area contributed by atoms with Crippen molar-refractivity contribution in [2.75, 3.05) is 24.9 Å². The molecule has 2 atom stereocenters. The normalized spacial score (nSPS) is 18.0. The van der Waals surface area contributed by atoms with Gasteiger partial charge >= 0.3 is 6.09 Å². The maximum absolute atomic E-state index is 13.9. The van der Waals surface area contributed by atoms with Gasteiger partial charge in [0.25, 0.3) is 5.91 Å². The lowest BCUT2D eigenvalue weighted by molar-refractivity contribution is 0.0488. The summed E-state index contributed by atoms with van der Waals surface area (Å²) in [7, 11) is 3.20. The first-order chi connectivity index (χ1) is 21.0. The van der Waals surface area contributed by atoms with Crippen LogP contribution in [0.15, 0.2) is 42.5 Å². The minimum Gasteiger partial charge on any atom is -0.497 e. The van der Waals surface area contributed by atoms with Crippen LogP contribution in [0.5, 0.6) is 11.5 Å². The van der Waals surface area contributed by atoms with Gasteiger partial charge in [-0.15, -0.1) is 0 Å². The molecule has 11 nitrogen and oxygen atoms in total. The van der Waals surface area contributed by atoms with Gasteiger partial charge in [-0.3, -0.25) is 4.79 Å². The third-order valence-corrected chi connectivity index (χ3v) is 7.86. The second kappa shape index (κ2) is 13.0. The second-order valence-electron chi connectivity index (χ2n) is 12.3. The van der Waals surface area contributed by atoms with Crippen LogP contribution in [-0.4, -0.2) is 58.8 Å². The quantitative estimate of drug-likeness (QED) is 0.272. The van der Waals surface area contributed by atoms with E-state index in [4.69, 9.17) is 24.2 Å². The van der Waals surface area contributed by atoms with Crippen molar-refractivity contribution in [1.82, 2.24) is 20.2 Å². The molecule has 0 radical (unpaired) electrons. The summed E-state index contributed by atoms with van der Waals surface area (Å²) in [6.07, 6.45) is 3.22. The van der Waals surface area contributed by atoms with Crippen LogP contribution in [0.25, 0.3) is 0 Å². The molecule has 5 rings (SSSR count). The van der Waals surface area contributed by atoms with E-state index in [9.17, 15) is 9.59 Å². The van der Waals surface area contributed by atoms with E-state index >= 15 is 0 Å². The average Bonchev–Trinajstić information content (AvgIpc) is 3.29. The van der Waals surface area contributed by atoms with Gasteiger partial charge in [0.05, 0.1) is 39.0 Å². The molecule has 1 fully saturated rings. The highest BCUT2D eigenvalue weighted by molar-refractivity contribution is 6.03. The van der Waals surface area contributed by atoms with Crippen LogP contribution in [0.2, 0.25) is 0 Å². The highest BCUT2D eigenvalue weighted by atomic mass is 16.6. The highest BCUT2D eigenvalue weighted by Gasteiger charge is 2.35. The van der Waals surface area contributed by atoms with Crippen LogP contribution >= 0.6 is 0 Å². The number of anilines is 3. The largest absolute Gasteiger partial charge is 0.497 e. The van der Waals surface area contributed by atoms with E-state index in [1.807, 2.05) is 70.2 Å². The van der Waals surface area contributed by atoms with Gasteiger partial charge in [-0.05, 0) is 64.3 Å². The van der Waals surface area contributed by atoms with Crippen molar-refractivity contribution in [1.29, 1.82) is 0 Å². The Morgan fingerprint density at radius 1 is 1.02 bits per heavy atom. The molecule has 2 heterocycles. The summed E-state index contributed by atoms with van der Waals surface area (Å²) >= 11 is 0. The van der Waals surface area contributed by atoms with E-state index in [2.05, 4.69) is 16.0 Å². The van der Waals surface area contributed by atoms with Gasteiger partial charge < -0.3 is 35.1 Å². The predicted octanol–water partition coefficient (Wildman–Crippen LogP) is 5.95. The van der Waals surface area contributed by atoms with Crippen LogP contribution in [0.4, 0.5) is 22.2 Å². The molecule has 1 aromatic heterocycles. The Labute approximate surface area is 258 Å². The number of aryl methyl sites for hydroxylation is 1. The second-order valence-corrected chi connectivity index (χ2v) is 12.3. The average molecular weight is 603 g/mol. The molecule has 3 aromatic rings. The minimum atomic E-state index is -0.588. The monoisotopic (exact) mass is 602 g/mol. The topological polar surface area (TPSA) is 127 Å². The van der Waals surface area contributed by atoms with Gasteiger partial charge in [-0.25, -0.2) is 9.78 Å². The van der Waals surface area contributed by atoms with Crippen LogP contribution in [0.1, 0.15) is 73.6 Å². The molecule has 234 valence electrons. The molecule has 0 saturated heterocycles. The fourth-order valence-corrected chi connectivity index (χ4v) is 5.67. The Morgan fingerprint density at radius 2 is 1.77 bits per heavy atom. The molecule has 1 aliphatic heterocycles. The van der Waals surface area contributed by atoms with Crippen molar-refractivity contribution in [3.8, 4) is 11.5 Å². The molecule has 11 heteroatoms. The molecule has 0 unspecified atom stereocenters. The first-order valence-corrected chi connectivity index (χ1v) is 15.0. The van der Waals surface area contributed by atoms with Crippen LogP contribution < -0.4 is 25.4 Å². The fourth-order valence-electron chi connectivity index (χ4n) is 5.67. The third-order valence-electron chi connectivity index (χ3n) is 7.86. The van der Waals surface area contributed by atoms with Crippen molar-refractivity contribution in [2.24, 2.45) is 0 Å². The zero-order chi connectivity index (χ0) is 31.4. The Balaban J connectivity index is 1.43. The number of ether oxygens (including phenoxy) is 3. The Hall–Kier alpha value is -4.54. The molecule has 44 heavy (non-hydrogen) atoms. The molecule has 0 spiro atoms. The number of hydrogen-bond acceptors (Lipinski definition) is 9. The molecule has 3 N–H and O–H groups in total. The molecular weight excluding hydrogens is 560 g/mol. The van der Waals surface area contributed by atoms with E-state index < -0.39 is 11.7 Å². The fraction of sp³-hybridized carbons (Fsp3) is 0.455. The molecule has 2 amide bonds. The molecule has 1 saturated carbocycles. The number of aromatic nitrogens is 2. The summed E-state index contributed by atoms with van der Waals surface area (Å²) in [5, 5.41) is 9.93. The number of hydrogen-bond donors (Lipinski definition) is 3. The van der Waals surface area contributed by atoms with E-state index in [-0.39, 0.29) is 18.0 Å². The van der Waals surface area contributed by atoms with E-state index in [0.29, 0.717) is 47.6 Å². The van der Waals surface area contributed by atoms with Gasteiger partial charge in [-0.2, -0.15) is 4.98 Å². The molecule has 1 aliphatic carbocycles. The Bertz CT molecular complexity index is 1520. The van der Waals surface area contributed by atoms with E-state index in [0.717, 1.165) is 42.5 Å². The number of nitrogens with zero attached hydrogens (tertiary/aromatic N) is 3. The van der Waals surface area contributed by atoms with Crippen molar-refractivity contribution in [3.05, 3.63) is 64.8 Å². The van der Waals surface area contributed by atoms with Crippen molar-refractivity contribution < 1.29 is 23.8 Å². The summed E-state index contributed by atoms with van der Waals surface area (Å²) in [6, 6.07) is 13.2. The number of methoxy groups -OCH3 is 2. The van der Waals surface area contributed by atoms with Crippen molar-refractivity contribution >= 4 is 29.5 Å². The molecule has 2 aromatic carbocycles. The number of alkyl carbamates (subject to hydrolysis) is 1. The van der Waals surface area contributed by atoms with Gasteiger partial charge in [0.2, 0.25) is 5.95 Å². The predicted molar refractivity (Wildman–Crippen MR) is 169 cm³/mol. The number of amides is 2. The Kier molecular flexibility index (Phi) is 9.12. The maximum Gasteiger partial charge on any atom is 0.407 e. The number of para-hydroxylation sites is 1. The molecule has 0 bridgehead atoms. The summed E-state index contributed by atoms with van der Waals surface area (Å²) in [4.78, 5) is 37.9. The van der Waals surface area contributed by atoms with E-state index in [1.54, 1.807) is 19.1 Å². The lowest BCUT2D eigenvalue weighted by Gasteiger charge is -2.33. The van der Waals surface area contributed by atoms with Gasteiger partial charge in [-0.1, -0.05) is 31.0 Å². The first-order valence-electron chi connectivity index (χ1n) is 15.0. The van der Waals surface area contributed by atoms with Gasteiger partial charge in [0, 0.05) is 23.4 Å². The number of carbonyl (C=O) groups is 2. The van der Waals surface area contributed by atoms with E-state index in [1.165, 1.54) is 0 Å². The smallest absolute Gasteiger partial charge is 0.407 e. The zero-order valence-corrected chi connectivity index (χ0v) is 26.3. The van der Waals surface area contributed by atoms with Gasteiger partial charge in [0.1, 0.15) is 28.5 Å². The lowest BCUT2D eigenvalue weighted by Crippen LogP contribution is -2.50. The zero-order valence-electron chi connectivity index (χ0n) is 26.3. The number of carbonyl (C=O) groups excluding carboxylic acids is 2. The van der Waals surface area contributed by atoms with Crippen LogP contribution in [-0.2, 0) is 17.8 Å². The highest BCUT2D eigenvalue weighted by Crippen LogP contribution is 2.34. The lowest BCUT2D eigenvalue weighted by atomic mass is 9.90. The minimum absolute atomic E-state index is 0.0996. The number of benzene rings is 2. The van der Waals surface area contributed by atoms with Gasteiger partial charge in [0.15, 0.2) is 0 Å². The van der Waals surface area contributed by atoms with Crippen molar-refractivity contribution in [2.45, 2.75) is 84.2 Å². The summed E-state index contributed by atoms with van der Waals surface area (Å²) in [5.74, 6) is 1.99. The number of fused-ring (bicyclic) bond motifs is 1. The molecule has 2 aliphatic rings. The maximum atomic E-state index is 13.9.